The highest BCUT2D eigenvalue weighted by Crippen LogP contribution is 2.13. The number of nitrogens with one attached hydrogen (secondary N) is 1. The molecule has 1 aromatic heterocycles. The number of rotatable bonds is 5. The maximum Gasteiger partial charge on any atom is 0.337 e. The molecule has 0 saturated carbocycles. The Morgan fingerprint density at radius 1 is 1.62 bits per heavy atom. The Labute approximate surface area is 92.5 Å². The molecule has 0 aliphatic carbocycles. The van der Waals surface area contributed by atoms with Gasteiger partial charge in [-0.25, -0.2) is 4.79 Å². The second-order valence-corrected chi connectivity index (χ2v) is 4.04. The van der Waals surface area contributed by atoms with Crippen molar-refractivity contribution < 1.29 is 19.5 Å². The van der Waals surface area contributed by atoms with E-state index < -0.39 is 11.6 Å². The number of aliphatic hydroxyl groups is 1. The summed E-state index contributed by atoms with van der Waals surface area (Å²) in [7, 11) is 0. The third kappa shape index (κ3) is 2.93. The van der Waals surface area contributed by atoms with Crippen molar-refractivity contribution in [3.05, 3.63) is 5.82 Å². The highest BCUT2D eigenvalue weighted by Gasteiger charge is 2.30. The fraction of sp³-hybridized carbons (Fsp3) is 0.667. The van der Waals surface area contributed by atoms with Crippen LogP contribution in [-0.2, 0) is 4.79 Å². The summed E-state index contributed by atoms with van der Waals surface area (Å²) in [6, 6.07) is 0.102. The zero-order valence-corrected chi connectivity index (χ0v) is 9.39. The van der Waals surface area contributed by atoms with E-state index >= 15 is 0 Å². The minimum atomic E-state index is -1.87. The van der Waals surface area contributed by atoms with Crippen molar-refractivity contribution >= 4 is 12.0 Å². The molecule has 1 heterocycles. The molecule has 0 radical (unpaired) electrons. The average molecular weight is 229 g/mol. The van der Waals surface area contributed by atoms with Crippen molar-refractivity contribution in [2.24, 2.45) is 0 Å². The lowest BCUT2D eigenvalue weighted by molar-refractivity contribution is -0.155. The van der Waals surface area contributed by atoms with Gasteiger partial charge in [0.15, 0.2) is 11.4 Å². The predicted octanol–water partition coefficient (Wildman–Crippen LogP) is 0.440. The van der Waals surface area contributed by atoms with Gasteiger partial charge in [0.2, 0.25) is 0 Å². The van der Waals surface area contributed by atoms with Crippen LogP contribution in [0.5, 0.6) is 0 Å². The Kier molecular flexibility index (Phi) is 3.48. The molecule has 0 fully saturated rings. The maximum absolute atomic E-state index is 10.6. The van der Waals surface area contributed by atoms with Crippen molar-refractivity contribution in [1.29, 1.82) is 0 Å². The van der Waals surface area contributed by atoms with Gasteiger partial charge < -0.3 is 20.1 Å². The lowest BCUT2D eigenvalue weighted by atomic mass is 10.1. The van der Waals surface area contributed by atoms with Gasteiger partial charge in [-0.15, -0.1) is 0 Å². The fourth-order valence-electron chi connectivity index (χ4n) is 0.865. The van der Waals surface area contributed by atoms with E-state index in [2.05, 4.69) is 15.5 Å². The van der Waals surface area contributed by atoms with Crippen LogP contribution < -0.4 is 5.32 Å². The minimum Gasteiger partial charge on any atom is -0.479 e. The molecule has 3 N–H and O–H groups in total. The van der Waals surface area contributed by atoms with Gasteiger partial charge in [0.05, 0.1) is 6.54 Å². The van der Waals surface area contributed by atoms with Gasteiger partial charge >= 0.3 is 12.0 Å². The summed E-state index contributed by atoms with van der Waals surface area (Å²) in [5.41, 5.74) is -1.87. The quantitative estimate of drug-likeness (QED) is 0.672. The number of carbonyl (C=O) groups is 1. The summed E-state index contributed by atoms with van der Waals surface area (Å²) in [4.78, 5) is 14.6. The molecule has 1 unspecified atom stereocenters. The van der Waals surface area contributed by atoms with Gasteiger partial charge in [-0.2, -0.15) is 4.98 Å². The lowest BCUT2D eigenvalue weighted by Crippen LogP contribution is -2.41. The third-order valence-electron chi connectivity index (χ3n) is 2.00. The van der Waals surface area contributed by atoms with Crippen molar-refractivity contribution in [2.75, 3.05) is 11.9 Å². The van der Waals surface area contributed by atoms with Gasteiger partial charge in [0.1, 0.15) is 0 Å². The van der Waals surface area contributed by atoms with E-state index in [-0.39, 0.29) is 18.5 Å². The Balaban J connectivity index is 2.58. The van der Waals surface area contributed by atoms with Crippen molar-refractivity contribution in [2.45, 2.75) is 32.3 Å². The number of hydrogen-bond donors (Lipinski definition) is 3. The highest BCUT2D eigenvalue weighted by molar-refractivity contribution is 5.77. The predicted molar refractivity (Wildman–Crippen MR) is 55.1 cm³/mol. The summed E-state index contributed by atoms with van der Waals surface area (Å²) in [6.45, 7) is 4.79. The van der Waals surface area contributed by atoms with Gasteiger partial charge in [0.25, 0.3) is 0 Å². The maximum atomic E-state index is 10.6. The molecule has 0 saturated heterocycles. The van der Waals surface area contributed by atoms with Crippen LogP contribution in [0.25, 0.3) is 0 Å². The van der Waals surface area contributed by atoms with Gasteiger partial charge in [-0.1, -0.05) is 19.0 Å². The van der Waals surface area contributed by atoms with Crippen LogP contribution in [0.3, 0.4) is 0 Å². The molecule has 1 aromatic rings. The van der Waals surface area contributed by atoms with Crippen LogP contribution in [0.4, 0.5) is 6.01 Å². The molecule has 0 spiro atoms. The summed E-state index contributed by atoms with van der Waals surface area (Å²) < 4.78 is 4.82. The monoisotopic (exact) mass is 229 g/mol. The highest BCUT2D eigenvalue weighted by atomic mass is 16.5. The zero-order chi connectivity index (χ0) is 12.3. The van der Waals surface area contributed by atoms with E-state index in [0.717, 1.165) is 0 Å². The van der Waals surface area contributed by atoms with Crippen LogP contribution in [0.1, 0.15) is 32.5 Å². The molecular weight excluding hydrogens is 214 g/mol. The van der Waals surface area contributed by atoms with Crippen LogP contribution in [0.15, 0.2) is 4.52 Å². The van der Waals surface area contributed by atoms with E-state index in [1.54, 1.807) is 0 Å². The number of aromatic nitrogens is 2. The Bertz CT molecular complexity index is 373. The molecule has 7 heteroatoms. The summed E-state index contributed by atoms with van der Waals surface area (Å²) in [5.74, 6) is -0.666. The number of carboxylic acid groups (broad SMARTS) is 1. The molecule has 0 amide bonds. The number of hydrogen-bond acceptors (Lipinski definition) is 6. The smallest absolute Gasteiger partial charge is 0.337 e. The van der Waals surface area contributed by atoms with Crippen LogP contribution in [-0.4, -0.2) is 38.5 Å². The standard InChI is InChI=1S/C9H15N3O4/c1-5(2)6-11-8(16-12-6)10-4-9(3,15)7(13)14/h5,15H,4H2,1-3H3,(H,13,14)(H,10,11,12). The van der Waals surface area contributed by atoms with E-state index in [0.29, 0.717) is 5.82 Å². The SMILES string of the molecule is CC(C)c1noc(NCC(C)(O)C(=O)O)n1. The third-order valence-corrected chi connectivity index (χ3v) is 2.00. The number of carboxylic acids is 1. The molecule has 0 aliphatic rings. The molecular formula is C9H15N3O4. The zero-order valence-electron chi connectivity index (χ0n) is 9.39. The molecule has 0 aliphatic heterocycles. The van der Waals surface area contributed by atoms with Crippen LogP contribution >= 0.6 is 0 Å². The molecule has 0 aromatic carbocycles. The molecule has 16 heavy (non-hydrogen) atoms. The number of nitrogens with zero attached hydrogens (tertiary/aromatic N) is 2. The topological polar surface area (TPSA) is 108 Å². The van der Waals surface area contributed by atoms with Crippen molar-refractivity contribution in [3.8, 4) is 0 Å². The first-order chi connectivity index (χ1) is 7.33. The van der Waals surface area contributed by atoms with Gasteiger partial charge in [0, 0.05) is 5.92 Å². The molecule has 0 bridgehead atoms. The van der Waals surface area contributed by atoms with Gasteiger partial charge in [-0.05, 0) is 6.92 Å². The van der Waals surface area contributed by atoms with E-state index in [1.807, 2.05) is 13.8 Å². The Morgan fingerprint density at radius 2 is 2.25 bits per heavy atom. The second kappa shape index (κ2) is 4.48. The summed E-state index contributed by atoms with van der Waals surface area (Å²) in [6.07, 6.45) is 0. The largest absolute Gasteiger partial charge is 0.479 e. The first-order valence-corrected chi connectivity index (χ1v) is 4.86. The Hall–Kier alpha value is -1.63. The van der Waals surface area contributed by atoms with Gasteiger partial charge in [-0.3, -0.25) is 0 Å². The fourth-order valence-corrected chi connectivity index (χ4v) is 0.865. The molecule has 1 rings (SSSR count). The Morgan fingerprint density at radius 3 is 2.69 bits per heavy atom. The normalized spacial score (nSPS) is 14.8. The second-order valence-electron chi connectivity index (χ2n) is 4.04. The molecule has 7 nitrogen and oxygen atoms in total. The number of aliphatic carboxylic acids is 1. The van der Waals surface area contributed by atoms with Crippen LogP contribution in [0.2, 0.25) is 0 Å². The van der Waals surface area contributed by atoms with E-state index in [4.69, 9.17) is 9.63 Å². The first kappa shape index (κ1) is 12.4. The van der Waals surface area contributed by atoms with Crippen LogP contribution in [0, 0.1) is 0 Å². The van der Waals surface area contributed by atoms with E-state index in [9.17, 15) is 9.90 Å². The van der Waals surface area contributed by atoms with E-state index in [1.165, 1.54) is 6.92 Å². The first-order valence-electron chi connectivity index (χ1n) is 4.86. The molecule has 90 valence electrons. The minimum absolute atomic E-state index is 0.102. The van der Waals surface area contributed by atoms with Crippen molar-refractivity contribution in [1.82, 2.24) is 10.1 Å². The average Bonchev–Trinajstić information content (AvgIpc) is 2.63. The number of anilines is 1. The van der Waals surface area contributed by atoms with Crippen molar-refractivity contribution in [3.63, 3.8) is 0 Å². The summed E-state index contributed by atoms with van der Waals surface area (Å²) in [5, 5.41) is 24.3. The lowest BCUT2D eigenvalue weighted by Gasteiger charge is -2.16. The summed E-state index contributed by atoms with van der Waals surface area (Å²) >= 11 is 0. The molecule has 1 atom stereocenters.